The average Bonchev–Trinajstić information content (AvgIpc) is 2.64. The van der Waals surface area contributed by atoms with Gasteiger partial charge in [0.25, 0.3) is 0 Å². The van der Waals surface area contributed by atoms with Crippen LogP contribution in [0.2, 0.25) is 0 Å². The third kappa shape index (κ3) is 21.7. The number of carbonyl (C=O) groups excluding carboxylic acids is 1. The summed E-state index contributed by atoms with van der Waals surface area (Å²) in [6, 6.07) is 0. The van der Waals surface area contributed by atoms with Crippen molar-refractivity contribution in [1.82, 2.24) is 0 Å². The van der Waals surface area contributed by atoms with Crippen LogP contribution in [0.3, 0.4) is 0 Å². The zero-order chi connectivity index (χ0) is 20.9. The molecule has 0 unspecified atom stereocenters. The van der Waals surface area contributed by atoms with Crippen molar-refractivity contribution >= 4 is 5.97 Å². The number of hydrogen-bond donors (Lipinski definition) is 0. The van der Waals surface area contributed by atoms with Crippen LogP contribution >= 0.6 is 0 Å². The minimum atomic E-state index is -0.904. The molecular weight excluding hydrogens is 346 g/mol. The van der Waals surface area contributed by atoms with Gasteiger partial charge in [-0.2, -0.15) is 0 Å². The van der Waals surface area contributed by atoms with Crippen molar-refractivity contribution in [3.63, 3.8) is 0 Å². The standard InChI is InChI=1S/C25H51NO2/c1-4-5-6-7-8-9-11-14-17-20-23-26(2,3)24-21-18-15-12-10-13-16-19-22-25(27)28/h4-24H2,1-3H3. The van der Waals surface area contributed by atoms with Crippen LogP contribution in [0.4, 0.5) is 0 Å². The highest BCUT2D eigenvalue weighted by molar-refractivity contribution is 5.63. The molecule has 0 aliphatic rings. The number of quaternary nitrogens is 1. The summed E-state index contributed by atoms with van der Waals surface area (Å²) in [4.78, 5) is 10.3. The van der Waals surface area contributed by atoms with Crippen molar-refractivity contribution in [1.29, 1.82) is 0 Å². The van der Waals surface area contributed by atoms with Gasteiger partial charge in [0, 0.05) is 5.97 Å². The Balaban J connectivity index is 3.33. The van der Waals surface area contributed by atoms with Crippen LogP contribution < -0.4 is 5.11 Å². The predicted octanol–water partition coefficient (Wildman–Crippen LogP) is 6.24. The molecule has 0 N–H and O–H groups in total. The highest BCUT2D eigenvalue weighted by Crippen LogP contribution is 2.13. The number of hydrogen-bond acceptors (Lipinski definition) is 2. The van der Waals surface area contributed by atoms with Gasteiger partial charge in [-0.3, -0.25) is 0 Å². The maximum Gasteiger partial charge on any atom is 0.0782 e. The maximum absolute atomic E-state index is 10.3. The van der Waals surface area contributed by atoms with Gasteiger partial charge >= 0.3 is 0 Å². The molecule has 0 rings (SSSR count). The molecule has 168 valence electrons. The first kappa shape index (κ1) is 27.4. The number of aliphatic carboxylic acids is 1. The molecule has 0 bridgehead atoms. The summed E-state index contributed by atoms with van der Waals surface area (Å²) in [7, 11) is 4.79. The van der Waals surface area contributed by atoms with Gasteiger partial charge in [0.2, 0.25) is 0 Å². The summed E-state index contributed by atoms with van der Waals surface area (Å²) < 4.78 is 1.18. The second kappa shape index (κ2) is 19.7. The Hall–Kier alpha value is -0.570. The summed E-state index contributed by atoms with van der Waals surface area (Å²) in [5, 5.41) is 10.3. The van der Waals surface area contributed by atoms with Crippen LogP contribution in [0, 0.1) is 0 Å². The van der Waals surface area contributed by atoms with Gasteiger partial charge in [-0.05, 0) is 38.5 Å². The molecule has 0 spiro atoms. The van der Waals surface area contributed by atoms with Gasteiger partial charge in [-0.25, -0.2) is 0 Å². The largest absolute Gasteiger partial charge is 0.550 e. The Bertz CT molecular complexity index is 341. The third-order valence-corrected chi connectivity index (χ3v) is 6.01. The molecule has 0 saturated heterocycles. The molecule has 3 heteroatoms. The third-order valence-electron chi connectivity index (χ3n) is 6.01. The average molecular weight is 398 g/mol. The van der Waals surface area contributed by atoms with E-state index < -0.39 is 5.97 Å². The van der Waals surface area contributed by atoms with E-state index >= 15 is 0 Å². The summed E-state index contributed by atoms with van der Waals surface area (Å²) in [5.74, 6) is -0.904. The van der Waals surface area contributed by atoms with Crippen molar-refractivity contribution in [2.24, 2.45) is 0 Å². The van der Waals surface area contributed by atoms with Gasteiger partial charge in [0.1, 0.15) is 0 Å². The first-order chi connectivity index (χ1) is 13.5. The highest BCUT2D eigenvalue weighted by atomic mass is 16.4. The highest BCUT2D eigenvalue weighted by Gasteiger charge is 2.13. The van der Waals surface area contributed by atoms with Crippen LogP contribution in [-0.4, -0.2) is 37.6 Å². The number of carbonyl (C=O) groups is 1. The van der Waals surface area contributed by atoms with Crippen molar-refractivity contribution in [3.8, 4) is 0 Å². The molecule has 0 heterocycles. The zero-order valence-corrected chi connectivity index (χ0v) is 19.6. The van der Waals surface area contributed by atoms with E-state index in [0.29, 0.717) is 0 Å². The zero-order valence-electron chi connectivity index (χ0n) is 19.6. The van der Waals surface area contributed by atoms with E-state index in [2.05, 4.69) is 21.0 Å². The van der Waals surface area contributed by atoms with Crippen LogP contribution in [0.25, 0.3) is 0 Å². The van der Waals surface area contributed by atoms with Gasteiger partial charge in [-0.15, -0.1) is 0 Å². The Labute approximate surface area is 176 Å². The van der Waals surface area contributed by atoms with Crippen LogP contribution in [0.15, 0.2) is 0 Å². The Morgan fingerprint density at radius 1 is 0.571 bits per heavy atom. The van der Waals surface area contributed by atoms with Crippen LogP contribution in [0.1, 0.15) is 129 Å². The molecule has 3 nitrogen and oxygen atoms in total. The van der Waals surface area contributed by atoms with Crippen LogP contribution in [-0.2, 0) is 4.79 Å². The SMILES string of the molecule is CCCCCCCCCCCC[N+](C)(C)CCCCCCCCCCC(=O)[O-]. The van der Waals surface area contributed by atoms with E-state index in [0.717, 1.165) is 12.8 Å². The number of unbranched alkanes of at least 4 members (excludes halogenated alkanes) is 16. The van der Waals surface area contributed by atoms with E-state index in [-0.39, 0.29) is 6.42 Å². The molecule has 0 saturated carbocycles. The molecule has 0 fully saturated rings. The van der Waals surface area contributed by atoms with E-state index in [9.17, 15) is 9.90 Å². The normalized spacial score (nSPS) is 11.8. The van der Waals surface area contributed by atoms with Gasteiger partial charge in [0.15, 0.2) is 0 Å². The van der Waals surface area contributed by atoms with Crippen LogP contribution in [0.5, 0.6) is 0 Å². The molecule has 0 aliphatic heterocycles. The fourth-order valence-electron chi connectivity index (χ4n) is 4.01. The lowest BCUT2D eigenvalue weighted by molar-refractivity contribution is -0.890. The van der Waals surface area contributed by atoms with E-state index in [1.54, 1.807) is 0 Å². The molecule has 0 aliphatic carbocycles. The fourth-order valence-corrected chi connectivity index (χ4v) is 4.01. The fraction of sp³-hybridized carbons (Fsp3) is 0.960. The molecule has 0 amide bonds. The van der Waals surface area contributed by atoms with Gasteiger partial charge in [0.05, 0.1) is 27.2 Å². The Morgan fingerprint density at radius 2 is 0.893 bits per heavy atom. The number of carboxylic acids is 1. The second-order valence-electron chi connectivity index (χ2n) is 9.52. The van der Waals surface area contributed by atoms with Gasteiger partial charge < -0.3 is 14.4 Å². The number of rotatable bonds is 22. The van der Waals surface area contributed by atoms with Crippen molar-refractivity contribution in [2.45, 2.75) is 129 Å². The lowest BCUT2D eigenvalue weighted by atomic mass is 10.1. The topological polar surface area (TPSA) is 40.1 Å². The predicted molar refractivity (Wildman–Crippen MR) is 120 cm³/mol. The van der Waals surface area contributed by atoms with Crippen molar-refractivity contribution in [2.75, 3.05) is 27.2 Å². The van der Waals surface area contributed by atoms with E-state index in [1.807, 2.05) is 0 Å². The lowest BCUT2D eigenvalue weighted by Gasteiger charge is -2.30. The Morgan fingerprint density at radius 3 is 1.25 bits per heavy atom. The quantitative estimate of drug-likeness (QED) is 0.160. The Kier molecular flexibility index (Phi) is 19.3. The molecular formula is C25H51NO2. The second-order valence-corrected chi connectivity index (χ2v) is 9.52. The minimum Gasteiger partial charge on any atom is -0.550 e. The molecule has 0 aromatic heterocycles. The van der Waals surface area contributed by atoms with Gasteiger partial charge in [-0.1, -0.05) is 90.4 Å². The molecule has 28 heavy (non-hydrogen) atoms. The molecule has 0 aromatic carbocycles. The summed E-state index contributed by atoms with van der Waals surface area (Å²) in [6.07, 6.45) is 24.0. The summed E-state index contributed by atoms with van der Waals surface area (Å²) in [6.45, 7) is 4.92. The maximum atomic E-state index is 10.3. The van der Waals surface area contributed by atoms with E-state index in [1.165, 1.54) is 120 Å². The summed E-state index contributed by atoms with van der Waals surface area (Å²) >= 11 is 0. The van der Waals surface area contributed by atoms with Crippen molar-refractivity contribution in [3.05, 3.63) is 0 Å². The first-order valence-electron chi connectivity index (χ1n) is 12.5. The number of nitrogens with zero attached hydrogens (tertiary/aromatic N) is 1. The smallest absolute Gasteiger partial charge is 0.0782 e. The molecule has 0 radical (unpaired) electrons. The first-order valence-corrected chi connectivity index (χ1v) is 12.5. The van der Waals surface area contributed by atoms with E-state index in [4.69, 9.17) is 0 Å². The lowest BCUT2D eigenvalue weighted by Crippen LogP contribution is -2.41. The molecule has 0 atom stereocenters. The number of carboxylic acid groups (broad SMARTS) is 1. The monoisotopic (exact) mass is 397 g/mol. The van der Waals surface area contributed by atoms with Crippen molar-refractivity contribution < 1.29 is 14.4 Å². The minimum absolute atomic E-state index is 0.228. The summed E-state index contributed by atoms with van der Waals surface area (Å²) in [5.41, 5.74) is 0. The molecule has 0 aromatic rings.